The standard InChI is InChI=1S/C19H13Cl2FN2S/c20-13-5-8-15(21)18(10-13)24-17(12-3-6-14(22)7-4-12)11-16(23-24)19-2-1-9-25-19/h1-10,17H,11H2/t17-/m0/s1. The zero-order valence-corrected chi connectivity index (χ0v) is 15.3. The van der Waals surface area contributed by atoms with Crippen molar-refractivity contribution in [3.8, 4) is 0 Å². The maximum absolute atomic E-state index is 13.3. The summed E-state index contributed by atoms with van der Waals surface area (Å²) in [5.74, 6) is -0.256. The number of halogens is 3. The summed E-state index contributed by atoms with van der Waals surface area (Å²) < 4.78 is 13.3. The fraction of sp³-hybridized carbons (Fsp3) is 0.105. The maximum Gasteiger partial charge on any atom is 0.123 e. The fourth-order valence-electron chi connectivity index (χ4n) is 2.93. The first-order valence-electron chi connectivity index (χ1n) is 7.73. The third-order valence-electron chi connectivity index (χ3n) is 4.13. The Kier molecular flexibility index (Phi) is 4.50. The predicted octanol–water partition coefficient (Wildman–Crippen LogP) is 6.55. The molecule has 0 saturated carbocycles. The van der Waals surface area contributed by atoms with Crippen molar-refractivity contribution in [3.05, 3.63) is 86.3 Å². The van der Waals surface area contributed by atoms with Crippen LogP contribution in [0.4, 0.5) is 10.1 Å². The Morgan fingerprint density at radius 2 is 1.88 bits per heavy atom. The molecule has 0 bridgehead atoms. The molecule has 3 aromatic rings. The van der Waals surface area contributed by atoms with Gasteiger partial charge in [0.05, 0.1) is 27.3 Å². The van der Waals surface area contributed by atoms with Crippen LogP contribution in [-0.4, -0.2) is 5.71 Å². The smallest absolute Gasteiger partial charge is 0.123 e. The van der Waals surface area contributed by atoms with E-state index >= 15 is 0 Å². The molecule has 2 heterocycles. The van der Waals surface area contributed by atoms with Gasteiger partial charge < -0.3 is 0 Å². The second-order valence-corrected chi connectivity index (χ2v) is 7.53. The molecular weight excluding hydrogens is 378 g/mol. The monoisotopic (exact) mass is 390 g/mol. The molecule has 0 spiro atoms. The van der Waals surface area contributed by atoms with E-state index in [1.807, 2.05) is 22.5 Å². The number of benzene rings is 2. The van der Waals surface area contributed by atoms with E-state index in [0.717, 1.165) is 28.3 Å². The molecule has 2 aromatic carbocycles. The van der Waals surface area contributed by atoms with E-state index in [4.69, 9.17) is 28.3 Å². The summed E-state index contributed by atoms with van der Waals surface area (Å²) in [6.07, 6.45) is 0.717. The van der Waals surface area contributed by atoms with Gasteiger partial charge in [0.15, 0.2) is 0 Å². The highest BCUT2D eigenvalue weighted by Gasteiger charge is 2.31. The van der Waals surface area contributed by atoms with E-state index in [2.05, 4.69) is 0 Å². The van der Waals surface area contributed by atoms with E-state index in [1.165, 1.54) is 12.1 Å². The minimum Gasteiger partial charge on any atom is -0.256 e. The fourth-order valence-corrected chi connectivity index (χ4v) is 4.02. The maximum atomic E-state index is 13.3. The molecule has 0 saturated heterocycles. The average molecular weight is 391 g/mol. The summed E-state index contributed by atoms with van der Waals surface area (Å²) >= 11 is 14.2. The number of hydrogen-bond donors (Lipinski definition) is 0. The van der Waals surface area contributed by atoms with Crippen molar-refractivity contribution < 1.29 is 4.39 Å². The Labute approximate surface area is 159 Å². The molecule has 1 atom stereocenters. The molecule has 1 aromatic heterocycles. The average Bonchev–Trinajstić information content (AvgIpc) is 3.27. The van der Waals surface area contributed by atoms with Crippen molar-refractivity contribution in [2.24, 2.45) is 5.10 Å². The van der Waals surface area contributed by atoms with Crippen LogP contribution in [-0.2, 0) is 0 Å². The third kappa shape index (κ3) is 3.30. The van der Waals surface area contributed by atoms with Gasteiger partial charge in [0.25, 0.3) is 0 Å². The lowest BCUT2D eigenvalue weighted by Gasteiger charge is -2.25. The first-order chi connectivity index (χ1) is 12.1. The lowest BCUT2D eigenvalue weighted by atomic mass is 10.0. The van der Waals surface area contributed by atoms with Crippen LogP contribution < -0.4 is 5.01 Å². The van der Waals surface area contributed by atoms with Gasteiger partial charge in [-0.05, 0) is 47.3 Å². The van der Waals surface area contributed by atoms with Crippen LogP contribution in [0.5, 0.6) is 0 Å². The summed E-state index contributed by atoms with van der Waals surface area (Å²) in [6, 6.07) is 15.8. The van der Waals surface area contributed by atoms with Crippen molar-refractivity contribution >= 4 is 45.9 Å². The normalized spacial score (nSPS) is 17.0. The number of hydrazone groups is 1. The lowest BCUT2D eigenvalue weighted by Crippen LogP contribution is -2.19. The molecule has 4 rings (SSSR count). The number of hydrogen-bond acceptors (Lipinski definition) is 3. The van der Waals surface area contributed by atoms with Crippen LogP contribution in [0.25, 0.3) is 0 Å². The first kappa shape index (κ1) is 16.6. The summed E-state index contributed by atoms with van der Waals surface area (Å²) in [6.45, 7) is 0. The summed E-state index contributed by atoms with van der Waals surface area (Å²) in [7, 11) is 0. The molecule has 0 unspecified atom stereocenters. The molecule has 0 radical (unpaired) electrons. The topological polar surface area (TPSA) is 15.6 Å². The first-order valence-corrected chi connectivity index (χ1v) is 9.36. The minimum absolute atomic E-state index is 0.0614. The molecule has 1 aliphatic rings. The Bertz CT molecular complexity index is 923. The zero-order chi connectivity index (χ0) is 17.4. The molecule has 0 amide bonds. The van der Waals surface area contributed by atoms with Crippen molar-refractivity contribution in [1.82, 2.24) is 0 Å². The van der Waals surface area contributed by atoms with Crippen molar-refractivity contribution in [2.75, 3.05) is 5.01 Å². The minimum atomic E-state index is -0.256. The predicted molar refractivity (Wildman–Crippen MR) is 104 cm³/mol. The molecule has 0 fully saturated rings. The van der Waals surface area contributed by atoms with Crippen LogP contribution >= 0.6 is 34.5 Å². The molecular formula is C19H13Cl2FN2S. The molecule has 0 N–H and O–H groups in total. The van der Waals surface area contributed by atoms with Gasteiger partial charge in [-0.2, -0.15) is 5.10 Å². The zero-order valence-electron chi connectivity index (χ0n) is 13.0. The summed E-state index contributed by atoms with van der Waals surface area (Å²) in [4.78, 5) is 1.12. The SMILES string of the molecule is Fc1ccc([C@@H]2CC(c3cccs3)=NN2c2cc(Cl)ccc2Cl)cc1. The number of rotatable bonds is 3. The number of anilines is 1. The molecule has 25 heavy (non-hydrogen) atoms. The van der Waals surface area contributed by atoms with Crippen LogP contribution in [0.2, 0.25) is 10.0 Å². The van der Waals surface area contributed by atoms with Gasteiger partial charge in [-0.1, -0.05) is 41.4 Å². The van der Waals surface area contributed by atoms with E-state index in [0.29, 0.717) is 10.0 Å². The molecule has 126 valence electrons. The molecule has 0 aliphatic carbocycles. The molecule has 2 nitrogen and oxygen atoms in total. The van der Waals surface area contributed by atoms with Gasteiger partial charge in [0.2, 0.25) is 0 Å². The Hall–Kier alpha value is -1.88. The summed E-state index contributed by atoms with van der Waals surface area (Å²) in [5, 5.41) is 9.89. The quantitative estimate of drug-likeness (QED) is 0.494. The largest absolute Gasteiger partial charge is 0.256 e. The highest BCUT2D eigenvalue weighted by atomic mass is 35.5. The Morgan fingerprint density at radius 3 is 2.60 bits per heavy atom. The second-order valence-electron chi connectivity index (χ2n) is 5.74. The van der Waals surface area contributed by atoms with Crippen molar-refractivity contribution in [3.63, 3.8) is 0 Å². The van der Waals surface area contributed by atoms with Crippen LogP contribution in [0.1, 0.15) is 22.9 Å². The number of thiophene rings is 1. The summed E-state index contributed by atoms with van der Waals surface area (Å²) in [5.41, 5.74) is 2.71. The van der Waals surface area contributed by atoms with Gasteiger partial charge in [-0.3, -0.25) is 5.01 Å². The molecule has 1 aliphatic heterocycles. The Morgan fingerprint density at radius 1 is 1.08 bits per heavy atom. The van der Waals surface area contributed by atoms with Crippen molar-refractivity contribution in [1.29, 1.82) is 0 Å². The lowest BCUT2D eigenvalue weighted by molar-refractivity contribution is 0.624. The van der Waals surface area contributed by atoms with Crippen LogP contribution in [0.15, 0.2) is 65.1 Å². The van der Waals surface area contributed by atoms with Crippen LogP contribution in [0, 0.1) is 5.82 Å². The highest BCUT2D eigenvalue weighted by molar-refractivity contribution is 7.12. The van der Waals surface area contributed by atoms with Gasteiger partial charge in [-0.25, -0.2) is 4.39 Å². The van der Waals surface area contributed by atoms with E-state index in [-0.39, 0.29) is 11.9 Å². The van der Waals surface area contributed by atoms with E-state index in [1.54, 1.807) is 41.7 Å². The Balaban J connectivity index is 1.79. The van der Waals surface area contributed by atoms with Gasteiger partial charge in [-0.15, -0.1) is 11.3 Å². The van der Waals surface area contributed by atoms with Crippen LogP contribution in [0.3, 0.4) is 0 Å². The second kappa shape index (κ2) is 6.79. The third-order valence-corrected chi connectivity index (χ3v) is 5.60. The van der Waals surface area contributed by atoms with E-state index < -0.39 is 0 Å². The van der Waals surface area contributed by atoms with Gasteiger partial charge in [0.1, 0.15) is 5.82 Å². The van der Waals surface area contributed by atoms with Gasteiger partial charge >= 0.3 is 0 Å². The highest BCUT2D eigenvalue weighted by Crippen LogP contribution is 2.41. The van der Waals surface area contributed by atoms with Crippen molar-refractivity contribution in [2.45, 2.75) is 12.5 Å². The van der Waals surface area contributed by atoms with E-state index in [9.17, 15) is 4.39 Å². The molecule has 6 heteroatoms. The van der Waals surface area contributed by atoms with Gasteiger partial charge in [0, 0.05) is 11.4 Å². The number of nitrogens with zero attached hydrogens (tertiary/aromatic N) is 2.